The molecule has 2 saturated heterocycles. The van der Waals surface area contributed by atoms with E-state index < -0.39 is 102 Å². The van der Waals surface area contributed by atoms with Crippen LogP contribution in [-0.2, 0) is 15.9 Å². The summed E-state index contributed by atoms with van der Waals surface area (Å²) in [7, 11) is 0. The van der Waals surface area contributed by atoms with E-state index in [4.69, 9.17) is 18.6 Å². The number of aliphatic hydroxyl groups is 8. The van der Waals surface area contributed by atoms with E-state index in [0.29, 0.717) is 11.1 Å². The Morgan fingerprint density at radius 3 is 1.90 bits per heavy atom. The number of fused-ring (bicyclic) bond motifs is 1. The molecule has 1 aromatic heterocycles. The summed E-state index contributed by atoms with van der Waals surface area (Å²) in [5.41, 5.74) is -0.719. The van der Waals surface area contributed by atoms with E-state index in [-0.39, 0.29) is 34.8 Å². The van der Waals surface area contributed by atoms with Gasteiger partial charge < -0.3 is 74.8 Å². The van der Waals surface area contributed by atoms with E-state index >= 15 is 0 Å². The first-order chi connectivity index (χ1) is 23.8. The van der Waals surface area contributed by atoms with Crippen LogP contribution >= 0.6 is 0 Å². The molecule has 6 rings (SSSR count). The fourth-order valence-corrected chi connectivity index (χ4v) is 6.18. The van der Waals surface area contributed by atoms with Crippen molar-refractivity contribution in [1.82, 2.24) is 0 Å². The molecule has 0 bridgehead atoms. The van der Waals surface area contributed by atoms with E-state index in [0.717, 1.165) is 6.07 Å². The first kappa shape index (κ1) is 35.5. The number of phenols is 3. The third-order valence-electron chi connectivity index (χ3n) is 8.99. The van der Waals surface area contributed by atoms with Gasteiger partial charge in [0.05, 0.1) is 18.8 Å². The molecule has 3 heterocycles. The lowest BCUT2D eigenvalue weighted by atomic mass is 9.87. The Bertz CT molecular complexity index is 1870. The minimum atomic E-state index is -1.90. The van der Waals surface area contributed by atoms with E-state index in [1.54, 1.807) is 0 Å². The Kier molecular flexibility index (Phi) is 10.0. The summed E-state index contributed by atoms with van der Waals surface area (Å²) >= 11 is 0. The number of phenolic OH excluding ortho intramolecular Hbond substituents is 3. The largest absolute Gasteiger partial charge is 0.508 e. The van der Waals surface area contributed by atoms with Gasteiger partial charge in [0.1, 0.15) is 94.7 Å². The van der Waals surface area contributed by atoms with Crippen molar-refractivity contribution < 1.29 is 74.8 Å². The number of ether oxygens (including phenoxy) is 3. The van der Waals surface area contributed by atoms with Crippen molar-refractivity contribution in [3.8, 4) is 34.3 Å². The van der Waals surface area contributed by atoms with E-state index in [9.17, 15) is 61.0 Å². The molecule has 0 aliphatic carbocycles. The van der Waals surface area contributed by atoms with Crippen LogP contribution in [0.25, 0.3) is 22.3 Å². The summed E-state index contributed by atoms with van der Waals surface area (Å²) < 4.78 is 22.7. The molecule has 10 atom stereocenters. The van der Waals surface area contributed by atoms with Crippen LogP contribution in [0.4, 0.5) is 0 Å². The SMILES string of the molecule is O=c1cc(-c2ccc(O[C@@H]3O[C@H](CO)[C@@H](O)[C@H](O)[C@H]3O)cc2)oc2c(Cc3ccc(O)cc3)c(O)c([C@@H]3O[C@H](CO)[C@@H](O)[C@H](O)[C@H]3O)c(O)c12. The molecule has 2 aliphatic rings. The number of aromatic hydroxyl groups is 3. The maximum Gasteiger partial charge on any atom is 0.229 e. The summed E-state index contributed by atoms with van der Waals surface area (Å²) in [6.07, 6.45) is -16.2. The van der Waals surface area contributed by atoms with Crippen LogP contribution in [0.5, 0.6) is 23.0 Å². The van der Waals surface area contributed by atoms with Gasteiger partial charge >= 0.3 is 0 Å². The molecule has 0 radical (unpaired) electrons. The number of hydrogen-bond acceptors (Lipinski definition) is 16. The van der Waals surface area contributed by atoms with Crippen LogP contribution in [0.2, 0.25) is 0 Å². The van der Waals surface area contributed by atoms with E-state index in [1.165, 1.54) is 48.5 Å². The van der Waals surface area contributed by atoms with Crippen LogP contribution in [-0.4, -0.2) is 125 Å². The molecular weight excluding hydrogens is 664 g/mol. The zero-order valence-corrected chi connectivity index (χ0v) is 26.1. The van der Waals surface area contributed by atoms with Crippen molar-refractivity contribution in [3.05, 3.63) is 81.5 Å². The third-order valence-corrected chi connectivity index (χ3v) is 8.99. The second-order valence-corrected chi connectivity index (χ2v) is 12.2. The van der Waals surface area contributed by atoms with Crippen LogP contribution in [0.15, 0.2) is 63.8 Å². The monoisotopic (exact) mass is 700 g/mol. The van der Waals surface area contributed by atoms with Gasteiger partial charge in [0, 0.05) is 23.6 Å². The molecular formula is C34H36O16. The Morgan fingerprint density at radius 2 is 1.28 bits per heavy atom. The van der Waals surface area contributed by atoms with Crippen LogP contribution < -0.4 is 10.2 Å². The molecule has 16 nitrogen and oxygen atoms in total. The topological polar surface area (TPSA) is 280 Å². The third kappa shape index (κ3) is 6.38. The van der Waals surface area contributed by atoms with Gasteiger partial charge in [0.25, 0.3) is 0 Å². The first-order valence-electron chi connectivity index (χ1n) is 15.5. The number of hydrogen-bond donors (Lipinski definition) is 11. The fourth-order valence-electron chi connectivity index (χ4n) is 6.18. The molecule has 0 unspecified atom stereocenters. The highest BCUT2D eigenvalue weighted by Gasteiger charge is 2.47. The van der Waals surface area contributed by atoms with Crippen LogP contribution in [0.1, 0.15) is 22.8 Å². The average Bonchev–Trinajstić information content (AvgIpc) is 3.11. The predicted molar refractivity (Wildman–Crippen MR) is 169 cm³/mol. The fraction of sp³-hybridized carbons (Fsp3) is 0.382. The van der Waals surface area contributed by atoms with Crippen molar-refractivity contribution in [2.75, 3.05) is 13.2 Å². The summed E-state index contributed by atoms with van der Waals surface area (Å²) in [4.78, 5) is 13.7. The van der Waals surface area contributed by atoms with Crippen molar-refractivity contribution in [2.24, 2.45) is 0 Å². The number of aliphatic hydroxyl groups excluding tert-OH is 8. The van der Waals surface area contributed by atoms with Crippen molar-refractivity contribution in [1.29, 1.82) is 0 Å². The minimum Gasteiger partial charge on any atom is -0.508 e. The summed E-state index contributed by atoms with van der Waals surface area (Å²) in [5, 5.41) is 113. The number of benzene rings is 3. The number of rotatable bonds is 8. The molecule has 2 aliphatic heterocycles. The Morgan fingerprint density at radius 1 is 0.680 bits per heavy atom. The normalized spacial score (nSPS) is 30.0. The zero-order chi connectivity index (χ0) is 36.0. The van der Waals surface area contributed by atoms with Gasteiger partial charge in [-0.05, 0) is 42.0 Å². The minimum absolute atomic E-state index is 0.0202. The summed E-state index contributed by atoms with van der Waals surface area (Å²) in [6, 6.07) is 12.7. The predicted octanol–water partition coefficient (Wildman–Crippen LogP) is -1.14. The molecule has 50 heavy (non-hydrogen) atoms. The van der Waals surface area contributed by atoms with E-state index in [2.05, 4.69) is 0 Å². The summed E-state index contributed by atoms with van der Waals surface area (Å²) in [5.74, 6) is -1.43. The molecule has 0 saturated carbocycles. The van der Waals surface area contributed by atoms with Gasteiger partial charge in [0.15, 0.2) is 5.43 Å². The molecule has 11 N–H and O–H groups in total. The van der Waals surface area contributed by atoms with Gasteiger partial charge in [-0.25, -0.2) is 0 Å². The summed E-state index contributed by atoms with van der Waals surface area (Å²) in [6.45, 7) is -1.43. The standard InChI is InChI=1S/C34H36O16/c35-11-20-25(40)28(43)30(45)33(49-20)23-24(39)17(9-13-1-5-15(37)6-2-13)32-22(27(23)42)18(38)10-19(48-32)14-3-7-16(8-4-14)47-34-31(46)29(44)26(41)21(12-36)50-34/h1-8,10,20-21,25-26,28-31,33-37,39-46H,9,11-12H2/t20-,21-,25-,26-,28+,29+,30-,31-,33+,34-/m1/s1. The molecule has 0 amide bonds. The molecule has 0 spiro atoms. The maximum atomic E-state index is 13.7. The lowest BCUT2D eigenvalue weighted by molar-refractivity contribution is -0.277. The van der Waals surface area contributed by atoms with Gasteiger partial charge in [-0.3, -0.25) is 4.79 Å². The molecule has 16 heteroatoms. The van der Waals surface area contributed by atoms with Crippen molar-refractivity contribution >= 4 is 11.0 Å². The quantitative estimate of drug-likeness (QED) is 0.104. The van der Waals surface area contributed by atoms with Gasteiger partial charge in [-0.1, -0.05) is 12.1 Å². The second kappa shape index (κ2) is 14.1. The second-order valence-electron chi connectivity index (χ2n) is 12.2. The Labute approximate surface area is 282 Å². The highest BCUT2D eigenvalue weighted by atomic mass is 16.7. The van der Waals surface area contributed by atoms with E-state index in [1.807, 2.05) is 0 Å². The lowest BCUT2D eigenvalue weighted by Crippen LogP contribution is -2.60. The molecule has 3 aromatic carbocycles. The smallest absolute Gasteiger partial charge is 0.229 e. The molecule has 4 aromatic rings. The van der Waals surface area contributed by atoms with Gasteiger partial charge in [-0.2, -0.15) is 0 Å². The average molecular weight is 701 g/mol. The highest BCUT2D eigenvalue weighted by Crippen LogP contribution is 2.47. The van der Waals surface area contributed by atoms with Crippen molar-refractivity contribution in [3.63, 3.8) is 0 Å². The van der Waals surface area contributed by atoms with Crippen LogP contribution in [0.3, 0.4) is 0 Å². The van der Waals surface area contributed by atoms with Gasteiger partial charge in [0.2, 0.25) is 6.29 Å². The molecule has 2 fully saturated rings. The first-order valence-corrected chi connectivity index (χ1v) is 15.5. The van der Waals surface area contributed by atoms with Gasteiger partial charge in [-0.15, -0.1) is 0 Å². The zero-order valence-electron chi connectivity index (χ0n) is 26.1. The van der Waals surface area contributed by atoms with Crippen LogP contribution in [0, 0.1) is 0 Å². The Balaban J connectivity index is 1.42. The molecule has 268 valence electrons. The maximum absolute atomic E-state index is 13.7. The Hall–Kier alpha value is -4.33. The highest BCUT2D eigenvalue weighted by molar-refractivity contribution is 5.91. The van der Waals surface area contributed by atoms with Crippen molar-refractivity contribution in [2.45, 2.75) is 67.6 Å². The lowest BCUT2D eigenvalue weighted by Gasteiger charge is -2.40.